The van der Waals surface area contributed by atoms with Crippen molar-refractivity contribution in [3.05, 3.63) is 52.9 Å². The molecule has 0 aliphatic carbocycles. The van der Waals surface area contributed by atoms with Crippen molar-refractivity contribution in [3.63, 3.8) is 0 Å². The molecule has 0 saturated heterocycles. The fourth-order valence-electron chi connectivity index (χ4n) is 2.38. The van der Waals surface area contributed by atoms with Crippen molar-refractivity contribution in [2.45, 2.75) is 4.90 Å². The topological polar surface area (TPSA) is 95.0 Å². The zero-order valence-corrected chi connectivity index (χ0v) is 14.4. The van der Waals surface area contributed by atoms with E-state index in [-0.39, 0.29) is 21.9 Å². The van der Waals surface area contributed by atoms with Gasteiger partial charge < -0.3 is 9.72 Å². The lowest BCUT2D eigenvalue weighted by Crippen LogP contribution is -2.14. The lowest BCUT2D eigenvalue weighted by atomic mass is 10.2. The molecule has 3 aromatic rings. The molecule has 2 N–H and O–H groups in total. The third-order valence-corrected chi connectivity index (χ3v) is 5.19. The first-order valence-corrected chi connectivity index (χ1v) is 8.79. The molecule has 0 bridgehead atoms. The molecule has 3 rings (SSSR count). The van der Waals surface area contributed by atoms with Crippen molar-refractivity contribution in [2.75, 3.05) is 11.8 Å². The van der Waals surface area contributed by atoms with Crippen molar-refractivity contribution >= 4 is 38.2 Å². The van der Waals surface area contributed by atoms with Gasteiger partial charge in [0.15, 0.2) is 0 Å². The molecule has 0 radical (unpaired) electrons. The highest BCUT2D eigenvalue weighted by Gasteiger charge is 2.22. The van der Waals surface area contributed by atoms with E-state index in [1.807, 2.05) is 0 Å². The summed E-state index contributed by atoms with van der Waals surface area (Å²) in [7, 11) is -2.78. The lowest BCUT2D eigenvalue weighted by Gasteiger charge is -2.11. The highest BCUT2D eigenvalue weighted by Crippen LogP contribution is 2.30. The first kappa shape index (κ1) is 17.1. The van der Waals surface area contributed by atoms with E-state index in [1.54, 1.807) is 24.3 Å². The normalized spacial score (nSPS) is 11.3. The number of fused-ring (bicyclic) bond motifs is 1. The fourth-order valence-corrected chi connectivity index (χ4v) is 3.79. The van der Waals surface area contributed by atoms with E-state index in [0.717, 1.165) is 12.1 Å². The molecule has 1 heterocycles. The van der Waals surface area contributed by atoms with Crippen LogP contribution in [-0.4, -0.2) is 20.5 Å². The van der Waals surface area contributed by atoms with Crippen LogP contribution in [0.3, 0.4) is 0 Å². The van der Waals surface area contributed by atoms with Gasteiger partial charge in [0, 0.05) is 28.2 Å². The molecule has 25 heavy (non-hydrogen) atoms. The number of hydrogen-bond donors (Lipinski definition) is 2. The first-order valence-electron chi connectivity index (χ1n) is 6.93. The van der Waals surface area contributed by atoms with Crippen LogP contribution >= 0.6 is 11.6 Å². The van der Waals surface area contributed by atoms with E-state index < -0.39 is 15.8 Å². The minimum Gasteiger partial charge on any atom is -0.495 e. The first-order chi connectivity index (χ1) is 11.9. The summed E-state index contributed by atoms with van der Waals surface area (Å²) in [4.78, 5) is 2.76. The second-order valence-corrected chi connectivity index (χ2v) is 7.18. The quantitative estimate of drug-likeness (QED) is 0.723. The molecule has 2 aromatic carbocycles. The summed E-state index contributed by atoms with van der Waals surface area (Å²) in [5.74, 6) is -0.823. The van der Waals surface area contributed by atoms with Gasteiger partial charge in [-0.05, 0) is 24.3 Å². The Kier molecular flexibility index (Phi) is 4.29. The molecule has 0 spiro atoms. The van der Waals surface area contributed by atoms with Crippen LogP contribution in [-0.2, 0) is 10.0 Å². The summed E-state index contributed by atoms with van der Waals surface area (Å²) in [6.45, 7) is 0. The molecular formula is C16H11ClFN3O3S. The van der Waals surface area contributed by atoms with Gasteiger partial charge >= 0.3 is 0 Å². The monoisotopic (exact) mass is 379 g/mol. The fraction of sp³-hybridized carbons (Fsp3) is 0.0625. The highest BCUT2D eigenvalue weighted by atomic mass is 35.5. The predicted octanol–water partition coefficient (Wildman–Crippen LogP) is 3.64. The van der Waals surface area contributed by atoms with Crippen molar-refractivity contribution in [3.8, 4) is 11.8 Å². The maximum absolute atomic E-state index is 14.1. The summed E-state index contributed by atoms with van der Waals surface area (Å²) >= 11 is 5.88. The van der Waals surface area contributed by atoms with Gasteiger partial charge in [0.2, 0.25) is 0 Å². The van der Waals surface area contributed by atoms with Crippen LogP contribution in [0.5, 0.6) is 5.75 Å². The van der Waals surface area contributed by atoms with Crippen LogP contribution < -0.4 is 9.46 Å². The number of sulfonamides is 1. The van der Waals surface area contributed by atoms with Gasteiger partial charge in [-0.15, -0.1) is 0 Å². The molecule has 6 nitrogen and oxygen atoms in total. The molecule has 0 saturated carbocycles. The lowest BCUT2D eigenvalue weighted by molar-refractivity contribution is 0.412. The number of ether oxygens (including phenoxy) is 1. The third-order valence-electron chi connectivity index (χ3n) is 3.55. The summed E-state index contributed by atoms with van der Waals surface area (Å²) in [5, 5.41) is 9.81. The summed E-state index contributed by atoms with van der Waals surface area (Å²) in [6.07, 6.45) is 1.29. The molecule has 0 atom stereocenters. The van der Waals surface area contributed by atoms with Gasteiger partial charge in [-0.25, -0.2) is 12.8 Å². The Balaban J connectivity index is 2.06. The van der Waals surface area contributed by atoms with Gasteiger partial charge in [0.25, 0.3) is 10.0 Å². The number of nitrogens with zero attached hydrogens (tertiary/aromatic N) is 1. The predicted molar refractivity (Wildman–Crippen MR) is 91.8 cm³/mol. The molecular weight excluding hydrogens is 369 g/mol. The second kappa shape index (κ2) is 6.27. The second-order valence-electron chi connectivity index (χ2n) is 5.09. The number of nitrogens with one attached hydrogen (secondary N) is 2. The van der Waals surface area contributed by atoms with Gasteiger partial charge in [-0.3, -0.25) is 4.72 Å². The number of anilines is 1. The summed E-state index contributed by atoms with van der Waals surface area (Å²) in [5.41, 5.74) is 0.176. The van der Waals surface area contributed by atoms with Crippen LogP contribution in [0.1, 0.15) is 5.56 Å². The number of hydrogen-bond acceptors (Lipinski definition) is 4. The maximum atomic E-state index is 14.1. The SMILES string of the molecule is COc1cc(NS(=O)(=O)c2c[nH]c3cc(Cl)ccc23)c(F)cc1C#N. The van der Waals surface area contributed by atoms with Crippen molar-refractivity contribution in [2.24, 2.45) is 0 Å². The van der Waals surface area contributed by atoms with E-state index in [1.165, 1.54) is 13.3 Å². The van der Waals surface area contributed by atoms with Crippen molar-refractivity contribution in [1.82, 2.24) is 4.98 Å². The van der Waals surface area contributed by atoms with Gasteiger partial charge in [-0.2, -0.15) is 5.26 Å². The van der Waals surface area contributed by atoms with E-state index in [4.69, 9.17) is 21.6 Å². The molecule has 9 heteroatoms. The number of H-pyrrole nitrogens is 1. The molecule has 0 aliphatic heterocycles. The van der Waals surface area contributed by atoms with E-state index in [2.05, 4.69) is 9.71 Å². The smallest absolute Gasteiger partial charge is 0.264 e. The van der Waals surface area contributed by atoms with Crippen molar-refractivity contribution in [1.29, 1.82) is 5.26 Å². The number of nitriles is 1. The van der Waals surface area contributed by atoms with Gasteiger partial charge in [0.1, 0.15) is 22.5 Å². The Hall–Kier alpha value is -2.76. The number of aromatic amines is 1. The van der Waals surface area contributed by atoms with E-state index in [9.17, 15) is 12.8 Å². The summed E-state index contributed by atoms with van der Waals surface area (Å²) < 4.78 is 46.5. The van der Waals surface area contributed by atoms with E-state index in [0.29, 0.717) is 15.9 Å². The minimum atomic E-state index is -4.08. The molecule has 0 aliphatic rings. The average Bonchev–Trinajstić information content (AvgIpc) is 2.99. The Morgan fingerprint density at radius 3 is 2.76 bits per heavy atom. The Morgan fingerprint density at radius 1 is 1.32 bits per heavy atom. The minimum absolute atomic E-state index is 0.0373. The third kappa shape index (κ3) is 3.12. The zero-order chi connectivity index (χ0) is 18.2. The van der Waals surface area contributed by atoms with Crippen molar-refractivity contribution < 1.29 is 17.5 Å². The zero-order valence-electron chi connectivity index (χ0n) is 12.8. The van der Waals surface area contributed by atoms with Crippen LogP contribution in [0.2, 0.25) is 5.02 Å². The van der Waals surface area contributed by atoms with Gasteiger partial charge in [-0.1, -0.05) is 11.6 Å². The average molecular weight is 380 g/mol. The van der Waals surface area contributed by atoms with Crippen LogP contribution in [0.4, 0.5) is 10.1 Å². The Labute approximate surface area is 147 Å². The largest absolute Gasteiger partial charge is 0.495 e. The number of methoxy groups -OCH3 is 1. The van der Waals surface area contributed by atoms with Crippen LogP contribution in [0, 0.1) is 17.1 Å². The number of aromatic nitrogens is 1. The van der Waals surface area contributed by atoms with Gasteiger partial charge in [0.05, 0.1) is 18.4 Å². The van der Waals surface area contributed by atoms with E-state index >= 15 is 0 Å². The van der Waals surface area contributed by atoms with Crippen LogP contribution in [0.25, 0.3) is 10.9 Å². The Bertz CT molecular complexity index is 1120. The summed E-state index contributed by atoms with van der Waals surface area (Å²) in [6, 6.07) is 8.50. The Morgan fingerprint density at radius 2 is 2.08 bits per heavy atom. The molecule has 0 amide bonds. The highest BCUT2D eigenvalue weighted by molar-refractivity contribution is 7.93. The standard InChI is InChI=1S/C16H11ClFN3O3S/c1-24-15-6-14(12(18)4-9(15)7-19)21-25(22,23)16-8-20-13-5-10(17)2-3-11(13)16/h2-6,8,20-21H,1H3. The number of rotatable bonds is 4. The number of halogens is 2. The molecule has 1 aromatic heterocycles. The molecule has 0 fully saturated rings. The molecule has 0 unspecified atom stereocenters. The van der Waals surface area contributed by atoms with Crippen LogP contribution in [0.15, 0.2) is 41.4 Å². The maximum Gasteiger partial charge on any atom is 0.264 e. The number of benzene rings is 2. The molecule has 128 valence electrons.